The lowest BCUT2D eigenvalue weighted by Gasteiger charge is -2.23. The van der Waals surface area contributed by atoms with Crippen LogP contribution in [0.4, 0.5) is 0 Å². The first-order valence-electron chi connectivity index (χ1n) is 8.87. The largest absolute Gasteiger partial charge is 0.299 e. The van der Waals surface area contributed by atoms with E-state index in [1.165, 1.54) is 62.7 Å². The summed E-state index contributed by atoms with van der Waals surface area (Å²) in [6.07, 6.45) is 7.66. The Morgan fingerprint density at radius 3 is 2.29 bits per heavy atom. The molecule has 0 aliphatic carbocycles. The first kappa shape index (κ1) is 18.2. The predicted octanol–water partition coefficient (Wildman–Crippen LogP) is 5.48. The first-order valence-corrected chi connectivity index (χ1v) is 8.87. The van der Waals surface area contributed by atoms with Gasteiger partial charge in [-0.15, -0.1) is 0 Å². The van der Waals surface area contributed by atoms with Gasteiger partial charge in [0.15, 0.2) is 0 Å². The molecule has 21 heavy (non-hydrogen) atoms. The van der Waals surface area contributed by atoms with Gasteiger partial charge in [-0.2, -0.15) is 0 Å². The van der Waals surface area contributed by atoms with Crippen molar-refractivity contribution in [2.45, 2.75) is 72.8 Å². The topological polar surface area (TPSA) is 3.24 Å². The second-order valence-electron chi connectivity index (χ2n) is 6.61. The standard InChI is InChI=1S/C20H34N/c1-5-7-15-21(16-8-6-2)17-20-12-10-9-11-19(20)14-13-18(3)4/h9,11-12,18H,5-8,13-17H2,1-4H3. The third-order valence-corrected chi connectivity index (χ3v) is 4.09. The van der Waals surface area contributed by atoms with Crippen molar-refractivity contribution in [3.8, 4) is 0 Å². The smallest absolute Gasteiger partial charge is 0.0236 e. The Hall–Kier alpha value is -0.820. The molecule has 1 heteroatoms. The van der Waals surface area contributed by atoms with E-state index in [4.69, 9.17) is 0 Å². The van der Waals surface area contributed by atoms with Gasteiger partial charge in [0.25, 0.3) is 0 Å². The van der Waals surface area contributed by atoms with Crippen LogP contribution in [0.5, 0.6) is 0 Å². The van der Waals surface area contributed by atoms with E-state index in [1.807, 2.05) is 0 Å². The molecular formula is C20H34N. The normalized spacial score (nSPS) is 11.5. The molecule has 0 N–H and O–H groups in total. The minimum absolute atomic E-state index is 0.776. The van der Waals surface area contributed by atoms with Crippen molar-refractivity contribution in [3.63, 3.8) is 0 Å². The van der Waals surface area contributed by atoms with E-state index >= 15 is 0 Å². The van der Waals surface area contributed by atoms with Crippen molar-refractivity contribution in [2.75, 3.05) is 13.1 Å². The maximum absolute atomic E-state index is 3.28. The molecule has 0 aliphatic heterocycles. The highest BCUT2D eigenvalue weighted by Gasteiger charge is 2.09. The summed E-state index contributed by atoms with van der Waals surface area (Å²) in [4.78, 5) is 2.63. The highest BCUT2D eigenvalue weighted by molar-refractivity contribution is 5.26. The van der Waals surface area contributed by atoms with Gasteiger partial charge < -0.3 is 0 Å². The highest BCUT2D eigenvalue weighted by atomic mass is 15.1. The van der Waals surface area contributed by atoms with Crippen LogP contribution >= 0.6 is 0 Å². The Kier molecular flexibility index (Phi) is 9.41. The second-order valence-corrected chi connectivity index (χ2v) is 6.61. The number of aryl methyl sites for hydroxylation is 1. The molecule has 0 saturated heterocycles. The molecule has 0 bridgehead atoms. The van der Waals surface area contributed by atoms with E-state index in [9.17, 15) is 0 Å². The second kappa shape index (κ2) is 10.8. The minimum Gasteiger partial charge on any atom is -0.299 e. The van der Waals surface area contributed by atoms with Crippen LogP contribution in [0.3, 0.4) is 0 Å². The van der Waals surface area contributed by atoms with E-state index < -0.39 is 0 Å². The summed E-state index contributed by atoms with van der Waals surface area (Å²) in [7, 11) is 0. The van der Waals surface area contributed by atoms with Crippen molar-refractivity contribution < 1.29 is 0 Å². The summed E-state index contributed by atoms with van der Waals surface area (Å²) >= 11 is 0. The van der Waals surface area contributed by atoms with Crippen LogP contribution in [-0.4, -0.2) is 18.0 Å². The SMILES string of the molecule is CCCCN(CCCC)Cc1c[c]ccc1CCC(C)C. The van der Waals surface area contributed by atoms with Gasteiger partial charge in [0.2, 0.25) is 0 Å². The molecule has 1 nitrogen and oxygen atoms in total. The van der Waals surface area contributed by atoms with Crippen LogP contribution in [0.15, 0.2) is 18.2 Å². The monoisotopic (exact) mass is 288 g/mol. The molecule has 0 unspecified atom stereocenters. The average Bonchev–Trinajstić information content (AvgIpc) is 2.48. The zero-order chi connectivity index (χ0) is 15.5. The molecule has 1 aromatic carbocycles. The Bertz CT molecular complexity index is 362. The zero-order valence-corrected chi connectivity index (χ0v) is 14.6. The molecule has 0 saturated carbocycles. The Morgan fingerprint density at radius 1 is 1.05 bits per heavy atom. The van der Waals surface area contributed by atoms with Gasteiger partial charge >= 0.3 is 0 Å². The summed E-state index contributed by atoms with van der Waals surface area (Å²) in [5, 5.41) is 0. The molecule has 0 atom stereocenters. The Labute approximate surface area is 132 Å². The highest BCUT2D eigenvalue weighted by Crippen LogP contribution is 2.16. The number of hydrogen-bond acceptors (Lipinski definition) is 1. The lowest BCUT2D eigenvalue weighted by molar-refractivity contribution is 0.256. The maximum atomic E-state index is 3.28. The molecule has 0 heterocycles. The van der Waals surface area contributed by atoms with E-state index in [0.717, 1.165) is 12.5 Å². The molecule has 119 valence electrons. The molecule has 0 spiro atoms. The van der Waals surface area contributed by atoms with Gasteiger partial charge in [-0.05, 0) is 68.0 Å². The summed E-state index contributed by atoms with van der Waals surface area (Å²) in [5.74, 6) is 0.776. The first-order chi connectivity index (χ1) is 10.2. The summed E-state index contributed by atoms with van der Waals surface area (Å²) in [6, 6.07) is 9.83. The number of nitrogens with zero attached hydrogens (tertiary/aromatic N) is 1. The van der Waals surface area contributed by atoms with Crippen LogP contribution in [0.2, 0.25) is 0 Å². The zero-order valence-electron chi connectivity index (χ0n) is 14.6. The lowest BCUT2D eigenvalue weighted by atomic mass is 9.98. The fourth-order valence-corrected chi connectivity index (χ4v) is 2.61. The van der Waals surface area contributed by atoms with Gasteiger partial charge in [0, 0.05) is 6.54 Å². The molecule has 1 rings (SSSR count). The molecule has 0 aliphatic rings. The van der Waals surface area contributed by atoms with E-state index in [1.54, 1.807) is 0 Å². The van der Waals surface area contributed by atoms with Gasteiger partial charge in [-0.1, -0.05) is 52.7 Å². The van der Waals surface area contributed by atoms with Crippen molar-refractivity contribution in [2.24, 2.45) is 5.92 Å². The quantitative estimate of drug-likeness (QED) is 0.521. The van der Waals surface area contributed by atoms with Crippen LogP contribution in [-0.2, 0) is 13.0 Å². The Balaban J connectivity index is 2.67. The van der Waals surface area contributed by atoms with Crippen molar-refractivity contribution in [1.82, 2.24) is 4.90 Å². The number of rotatable bonds is 11. The van der Waals surface area contributed by atoms with Crippen LogP contribution in [0.25, 0.3) is 0 Å². The molecule has 0 fully saturated rings. The third-order valence-electron chi connectivity index (χ3n) is 4.09. The summed E-state index contributed by atoms with van der Waals surface area (Å²) in [6.45, 7) is 12.7. The molecule has 0 aromatic heterocycles. The van der Waals surface area contributed by atoms with Crippen LogP contribution in [0.1, 0.15) is 70.9 Å². The Morgan fingerprint density at radius 2 is 1.71 bits per heavy atom. The predicted molar refractivity (Wildman–Crippen MR) is 93.5 cm³/mol. The lowest BCUT2D eigenvalue weighted by Crippen LogP contribution is -2.26. The fourth-order valence-electron chi connectivity index (χ4n) is 2.61. The van der Waals surface area contributed by atoms with Gasteiger partial charge in [0.05, 0.1) is 0 Å². The van der Waals surface area contributed by atoms with Crippen LogP contribution in [0, 0.1) is 12.0 Å². The summed E-state index contributed by atoms with van der Waals surface area (Å²) in [5.41, 5.74) is 3.02. The van der Waals surface area contributed by atoms with E-state index in [2.05, 4.69) is 56.9 Å². The summed E-state index contributed by atoms with van der Waals surface area (Å²) < 4.78 is 0. The van der Waals surface area contributed by atoms with E-state index in [0.29, 0.717) is 0 Å². The number of hydrogen-bond donors (Lipinski definition) is 0. The molecule has 1 aromatic rings. The minimum atomic E-state index is 0.776. The van der Waals surface area contributed by atoms with Crippen molar-refractivity contribution in [1.29, 1.82) is 0 Å². The van der Waals surface area contributed by atoms with Crippen molar-refractivity contribution >= 4 is 0 Å². The average molecular weight is 288 g/mol. The molecule has 1 radical (unpaired) electrons. The maximum Gasteiger partial charge on any atom is 0.0236 e. The number of benzene rings is 1. The number of unbranched alkanes of at least 4 members (excludes halogenated alkanes) is 2. The third kappa shape index (κ3) is 7.66. The molecule has 0 amide bonds. The van der Waals surface area contributed by atoms with Crippen molar-refractivity contribution in [3.05, 3.63) is 35.4 Å². The fraction of sp³-hybridized carbons (Fsp3) is 0.700. The van der Waals surface area contributed by atoms with Crippen LogP contribution < -0.4 is 0 Å². The molecular weight excluding hydrogens is 254 g/mol. The van der Waals surface area contributed by atoms with Gasteiger partial charge in [-0.3, -0.25) is 4.90 Å². The van der Waals surface area contributed by atoms with E-state index in [-0.39, 0.29) is 0 Å². The van der Waals surface area contributed by atoms with Gasteiger partial charge in [-0.25, -0.2) is 0 Å². The van der Waals surface area contributed by atoms with Gasteiger partial charge in [0.1, 0.15) is 0 Å².